The number of hydrogen-bond acceptors (Lipinski definition) is 4. The van der Waals surface area contributed by atoms with Crippen LogP contribution in [0.2, 0.25) is 0 Å². The van der Waals surface area contributed by atoms with E-state index < -0.39 is 6.04 Å². The van der Waals surface area contributed by atoms with Gasteiger partial charge < -0.3 is 20.7 Å². The Kier molecular flexibility index (Phi) is 7.54. The van der Waals surface area contributed by atoms with Gasteiger partial charge in [-0.15, -0.1) is 0 Å². The van der Waals surface area contributed by atoms with Crippen molar-refractivity contribution in [1.29, 1.82) is 0 Å². The monoisotopic (exact) mass is 285 g/mol. The average molecular weight is 285 g/mol. The Hall–Kier alpha value is -1.14. The Labute approximate surface area is 121 Å². The minimum Gasteiger partial charge on any atom is -0.379 e. The van der Waals surface area contributed by atoms with E-state index in [1.165, 1.54) is 0 Å². The summed E-state index contributed by atoms with van der Waals surface area (Å²) in [5.41, 5.74) is 0. The van der Waals surface area contributed by atoms with E-state index in [0.717, 1.165) is 19.4 Å². The number of rotatable bonds is 8. The molecule has 1 aliphatic rings. The predicted molar refractivity (Wildman–Crippen MR) is 77.3 cm³/mol. The molecule has 1 heterocycles. The third-order valence-corrected chi connectivity index (χ3v) is 3.38. The Morgan fingerprint density at radius 2 is 1.90 bits per heavy atom. The van der Waals surface area contributed by atoms with Crippen molar-refractivity contribution in [2.24, 2.45) is 5.92 Å². The normalized spacial score (nSPS) is 23.4. The molecule has 0 aliphatic carbocycles. The van der Waals surface area contributed by atoms with E-state index in [4.69, 9.17) is 4.74 Å². The summed E-state index contributed by atoms with van der Waals surface area (Å²) < 4.78 is 5.37. The van der Waals surface area contributed by atoms with Crippen LogP contribution in [0.25, 0.3) is 0 Å². The highest BCUT2D eigenvalue weighted by molar-refractivity contribution is 5.88. The Morgan fingerprint density at radius 3 is 2.55 bits per heavy atom. The number of nitrogens with one attached hydrogen (secondary N) is 3. The molecule has 1 aliphatic heterocycles. The van der Waals surface area contributed by atoms with E-state index >= 15 is 0 Å². The van der Waals surface area contributed by atoms with Crippen LogP contribution < -0.4 is 16.0 Å². The van der Waals surface area contributed by atoms with Gasteiger partial charge in [-0.1, -0.05) is 13.8 Å². The third-order valence-electron chi connectivity index (χ3n) is 3.38. The minimum absolute atomic E-state index is 0.0425. The lowest BCUT2D eigenvalue weighted by molar-refractivity contribution is -0.131. The van der Waals surface area contributed by atoms with Crippen molar-refractivity contribution in [2.45, 2.75) is 45.7 Å². The van der Waals surface area contributed by atoms with Crippen LogP contribution in [0.5, 0.6) is 0 Å². The third kappa shape index (κ3) is 5.09. The SMILES string of the molecule is CCCNC(=O)C(C)NC(=O)C1COCC1NCCC. The van der Waals surface area contributed by atoms with Gasteiger partial charge in [0.15, 0.2) is 0 Å². The van der Waals surface area contributed by atoms with Crippen LogP contribution in [0.15, 0.2) is 0 Å². The molecule has 6 nitrogen and oxygen atoms in total. The molecule has 3 atom stereocenters. The van der Waals surface area contributed by atoms with Gasteiger partial charge in [-0.3, -0.25) is 9.59 Å². The Balaban J connectivity index is 2.42. The molecule has 0 spiro atoms. The van der Waals surface area contributed by atoms with Crippen LogP contribution in [0.1, 0.15) is 33.6 Å². The van der Waals surface area contributed by atoms with E-state index in [1.807, 2.05) is 6.92 Å². The fraction of sp³-hybridized carbons (Fsp3) is 0.857. The van der Waals surface area contributed by atoms with Crippen molar-refractivity contribution < 1.29 is 14.3 Å². The number of amides is 2. The molecule has 0 saturated carbocycles. The van der Waals surface area contributed by atoms with Crippen LogP contribution in [0, 0.1) is 5.92 Å². The van der Waals surface area contributed by atoms with Gasteiger partial charge in [0.2, 0.25) is 11.8 Å². The highest BCUT2D eigenvalue weighted by Gasteiger charge is 2.34. The molecule has 20 heavy (non-hydrogen) atoms. The smallest absolute Gasteiger partial charge is 0.242 e. The molecule has 6 heteroatoms. The van der Waals surface area contributed by atoms with E-state index in [1.54, 1.807) is 6.92 Å². The number of carbonyl (C=O) groups excluding carboxylic acids is 2. The second-order valence-electron chi connectivity index (χ2n) is 5.23. The van der Waals surface area contributed by atoms with E-state index in [0.29, 0.717) is 19.8 Å². The molecule has 0 aromatic heterocycles. The quantitative estimate of drug-likeness (QED) is 0.588. The molecular formula is C14H27N3O3. The maximum atomic E-state index is 12.2. The largest absolute Gasteiger partial charge is 0.379 e. The second kappa shape index (κ2) is 8.92. The number of ether oxygens (including phenoxy) is 1. The average Bonchev–Trinajstić information content (AvgIpc) is 2.90. The summed E-state index contributed by atoms with van der Waals surface area (Å²) in [6, 6.07) is -0.470. The van der Waals surface area contributed by atoms with Crippen LogP contribution in [0.4, 0.5) is 0 Å². The molecule has 0 radical (unpaired) electrons. The van der Waals surface area contributed by atoms with Crippen molar-refractivity contribution in [1.82, 2.24) is 16.0 Å². The lowest BCUT2D eigenvalue weighted by Gasteiger charge is -2.21. The van der Waals surface area contributed by atoms with Gasteiger partial charge in [-0.05, 0) is 26.3 Å². The maximum Gasteiger partial charge on any atom is 0.242 e. The van der Waals surface area contributed by atoms with Gasteiger partial charge >= 0.3 is 0 Å². The highest BCUT2D eigenvalue weighted by Crippen LogP contribution is 2.14. The van der Waals surface area contributed by atoms with Crippen molar-refractivity contribution in [3.8, 4) is 0 Å². The first-order valence-electron chi connectivity index (χ1n) is 7.49. The fourth-order valence-electron chi connectivity index (χ4n) is 2.13. The van der Waals surface area contributed by atoms with Crippen LogP contribution >= 0.6 is 0 Å². The first-order chi connectivity index (χ1) is 9.60. The molecular weight excluding hydrogens is 258 g/mol. The lowest BCUT2D eigenvalue weighted by atomic mass is 10.0. The zero-order chi connectivity index (χ0) is 15.0. The van der Waals surface area contributed by atoms with Gasteiger partial charge in [0.25, 0.3) is 0 Å². The molecule has 3 unspecified atom stereocenters. The zero-order valence-corrected chi connectivity index (χ0v) is 12.7. The number of carbonyl (C=O) groups is 2. The molecule has 0 aromatic rings. The van der Waals surface area contributed by atoms with Crippen molar-refractivity contribution in [3.05, 3.63) is 0 Å². The van der Waals surface area contributed by atoms with Gasteiger partial charge in [0.05, 0.1) is 19.1 Å². The molecule has 116 valence electrons. The first kappa shape index (κ1) is 16.9. The topological polar surface area (TPSA) is 79.5 Å². The van der Waals surface area contributed by atoms with Crippen molar-refractivity contribution in [2.75, 3.05) is 26.3 Å². The first-order valence-corrected chi connectivity index (χ1v) is 7.49. The summed E-state index contributed by atoms with van der Waals surface area (Å²) in [7, 11) is 0. The van der Waals surface area contributed by atoms with Gasteiger partial charge in [-0.25, -0.2) is 0 Å². The molecule has 1 saturated heterocycles. The van der Waals surface area contributed by atoms with Gasteiger partial charge in [-0.2, -0.15) is 0 Å². The molecule has 0 bridgehead atoms. The maximum absolute atomic E-state index is 12.2. The van der Waals surface area contributed by atoms with Crippen LogP contribution in [-0.4, -0.2) is 50.2 Å². The molecule has 3 N–H and O–H groups in total. The van der Waals surface area contributed by atoms with Crippen molar-refractivity contribution >= 4 is 11.8 Å². The van der Waals surface area contributed by atoms with Gasteiger partial charge in [0.1, 0.15) is 6.04 Å². The molecule has 0 aromatic carbocycles. The van der Waals surface area contributed by atoms with Gasteiger partial charge in [0, 0.05) is 12.6 Å². The Morgan fingerprint density at radius 1 is 1.20 bits per heavy atom. The molecule has 1 fully saturated rings. The summed E-state index contributed by atoms with van der Waals surface area (Å²) >= 11 is 0. The number of hydrogen-bond donors (Lipinski definition) is 3. The van der Waals surface area contributed by atoms with Crippen molar-refractivity contribution in [3.63, 3.8) is 0 Å². The minimum atomic E-state index is -0.513. The molecule has 1 rings (SSSR count). The summed E-state index contributed by atoms with van der Waals surface area (Å²) in [4.78, 5) is 23.9. The van der Waals surface area contributed by atoms with Crippen LogP contribution in [-0.2, 0) is 14.3 Å². The molecule has 2 amide bonds. The van der Waals surface area contributed by atoms with E-state index in [-0.39, 0.29) is 23.8 Å². The highest BCUT2D eigenvalue weighted by atomic mass is 16.5. The Bertz CT molecular complexity index is 323. The summed E-state index contributed by atoms with van der Waals surface area (Å²) in [6.45, 7) is 8.23. The van der Waals surface area contributed by atoms with E-state index in [2.05, 4.69) is 22.9 Å². The zero-order valence-electron chi connectivity index (χ0n) is 12.7. The van der Waals surface area contributed by atoms with Crippen LogP contribution in [0.3, 0.4) is 0 Å². The summed E-state index contributed by atoms with van der Waals surface area (Å²) in [6.07, 6.45) is 1.90. The van der Waals surface area contributed by atoms with E-state index in [9.17, 15) is 9.59 Å². The summed E-state index contributed by atoms with van der Waals surface area (Å²) in [5, 5.41) is 8.85. The predicted octanol–water partition coefficient (Wildman–Crippen LogP) is 0.0319. The standard InChI is InChI=1S/C14H27N3O3/c1-4-6-15-12-9-20-8-11(12)14(19)17-10(3)13(18)16-7-5-2/h10-12,15H,4-9H2,1-3H3,(H,16,18)(H,17,19). The lowest BCUT2D eigenvalue weighted by Crippen LogP contribution is -2.50. The summed E-state index contributed by atoms with van der Waals surface area (Å²) in [5.74, 6) is -0.476. The second-order valence-corrected chi connectivity index (χ2v) is 5.23. The fourth-order valence-corrected chi connectivity index (χ4v) is 2.13.